The number of benzene rings is 1. The van der Waals surface area contributed by atoms with Crippen molar-refractivity contribution in [3.8, 4) is 5.75 Å². The van der Waals surface area contributed by atoms with E-state index in [0.717, 1.165) is 17.1 Å². The van der Waals surface area contributed by atoms with Gasteiger partial charge in [-0.05, 0) is 13.0 Å². The molecule has 4 unspecified atom stereocenters. The first-order valence-corrected chi connectivity index (χ1v) is 6.99. The van der Waals surface area contributed by atoms with Gasteiger partial charge in [0.1, 0.15) is 12.4 Å². The molecule has 3 nitrogen and oxygen atoms in total. The fourth-order valence-corrected chi connectivity index (χ4v) is 4.07. The quantitative estimate of drug-likeness (QED) is 0.737. The Balaban J connectivity index is 2.01. The van der Waals surface area contributed by atoms with E-state index in [2.05, 4.69) is 18.3 Å². The van der Waals surface area contributed by atoms with Crippen molar-refractivity contribution in [2.24, 2.45) is 0 Å². The topological polar surface area (TPSA) is 38.3 Å². The maximum absolute atomic E-state index is 12.0. The molecule has 86 valence electrons. The van der Waals surface area contributed by atoms with Crippen LogP contribution in [0, 0.1) is 0 Å². The van der Waals surface area contributed by atoms with Crippen molar-refractivity contribution in [2.75, 3.05) is 12.4 Å². The van der Waals surface area contributed by atoms with Crippen molar-refractivity contribution in [2.45, 2.75) is 24.3 Å². The fourth-order valence-electron chi connectivity index (χ4n) is 2.49. The number of hydrogen-bond donors (Lipinski definition) is 1. The minimum Gasteiger partial charge on any atom is -0.492 e. The van der Waals surface area contributed by atoms with Crippen molar-refractivity contribution in [3.05, 3.63) is 29.8 Å². The van der Waals surface area contributed by atoms with Gasteiger partial charge in [0, 0.05) is 28.2 Å². The molecule has 2 aliphatic rings. The van der Waals surface area contributed by atoms with Gasteiger partial charge in [0.2, 0.25) is 0 Å². The van der Waals surface area contributed by atoms with Crippen molar-refractivity contribution in [3.63, 3.8) is 0 Å². The van der Waals surface area contributed by atoms with Crippen LogP contribution in [-0.2, 0) is 10.8 Å². The van der Waals surface area contributed by atoms with E-state index in [0.29, 0.717) is 12.6 Å². The Hall–Kier alpha value is -0.870. The lowest BCUT2D eigenvalue weighted by molar-refractivity contribution is 0.246. The third-order valence-corrected chi connectivity index (χ3v) is 5.16. The first-order valence-electron chi connectivity index (χ1n) is 5.60. The maximum atomic E-state index is 12.0. The largest absolute Gasteiger partial charge is 0.492 e. The molecule has 0 aromatic heterocycles. The van der Waals surface area contributed by atoms with Crippen LogP contribution in [0.2, 0.25) is 0 Å². The van der Waals surface area contributed by atoms with Gasteiger partial charge in [0.05, 0.1) is 11.3 Å². The van der Waals surface area contributed by atoms with Crippen LogP contribution in [-0.4, -0.2) is 27.9 Å². The van der Waals surface area contributed by atoms with Crippen LogP contribution in [0.4, 0.5) is 0 Å². The average molecular weight is 237 g/mol. The molecular formula is C12H15NO2S. The van der Waals surface area contributed by atoms with Crippen LogP contribution in [0.5, 0.6) is 5.75 Å². The monoisotopic (exact) mass is 237 g/mol. The van der Waals surface area contributed by atoms with Crippen LogP contribution >= 0.6 is 0 Å². The molecule has 1 saturated heterocycles. The number of para-hydroxylation sites is 1. The molecule has 0 radical (unpaired) electrons. The summed E-state index contributed by atoms with van der Waals surface area (Å²) in [5.41, 5.74) is 1.15. The lowest BCUT2D eigenvalue weighted by Gasteiger charge is -2.39. The zero-order chi connectivity index (χ0) is 11.1. The summed E-state index contributed by atoms with van der Waals surface area (Å²) in [5, 5.41) is 3.63. The number of hydrogen-bond acceptors (Lipinski definition) is 3. The molecule has 0 amide bonds. The lowest BCUT2D eigenvalue weighted by Crippen LogP contribution is -2.52. The predicted molar refractivity (Wildman–Crippen MR) is 64.1 cm³/mol. The van der Waals surface area contributed by atoms with Crippen molar-refractivity contribution >= 4 is 10.8 Å². The maximum Gasteiger partial charge on any atom is 0.124 e. The van der Waals surface area contributed by atoms with Crippen LogP contribution in [0.25, 0.3) is 0 Å². The van der Waals surface area contributed by atoms with Crippen LogP contribution < -0.4 is 10.1 Å². The highest BCUT2D eigenvalue weighted by Crippen LogP contribution is 2.36. The molecule has 0 saturated carbocycles. The summed E-state index contributed by atoms with van der Waals surface area (Å²) in [6.45, 7) is 2.65. The first-order chi connectivity index (χ1) is 7.75. The normalized spacial score (nSPS) is 37.1. The van der Waals surface area contributed by atoms with Gasteiger partial charge in [0.15, 0.2) is 0 Å². The molecule has 2 aliphatic heterocycles. The average Bonchev–Trinajstić information content (AvgIpc) is 2.28. The summed E-state index contributed by atoms with van der Waals surface area (Å²) in [5.74, 6) is 1.66. The Labute approximate surface area is 97.6 Å². The fraction of sp³-hybridized carbons (Fsp3) is 0.500. The molecule has 1 fully saturated rings. The molecule has 2 heterocycles. The Morgan fingerprint density at radius 2 is 2.25 bits per heavy atom. The minimum atomic E-state index is -0.782. The van der Waals surface area contributed by atoms with E-state index in [1.54, 1.807) is 0 Å². The summed E-state index contributed by atoms with van der Waals surface area (Å²) < 4.78 is 17.7. The van der Waals surface area contributed by atoms with Crippen molar-refractivity contribution < 1.29 is 8.95 Å². The van der Waals surface area contributed by atoms with E-state index in [9.17, 15) is 4.21 Å². The van der Waals surface area contributed by atoms with Crippen LogP contribution in [0.1, 0.15) is 18.5 Å². The van der Waals surface area contributed by atoms with Gasteiger partial charge >= 0.3 is 0 Å². The minimum absolute atomic E-state index is 0.103. The molecule has 4 heteroatoms. The molecule has 1 aromatic rings. The van der Waals surface area contributed by atoms with Gasteiger partial charge < -0.3 is 10.1 Å². The summed E-state index contributed by atoms with van der Waals surface area (Å²) in [7, 11) is -0.782. The molecule has 3 rings (SSSR count). The number of rotatable bonds is 0. The van der Waals surface area contributed by atoms with Gasteiger partial charge in [-0.3, -0.25) is 4.21 Å². The Morgan fingerprint density at radius 3 is 3.12 bits per heavy atom. The Kier molecular flexibility index (Phi) is 2.48. The molecule has 0 bridgehead atoms. The zero-order valence-corrected chi connectivity index (χ0v) is 10.00. The summed E-state index contributed by atoms with van der Waals surface area (Å²) in [4.78, 5) is 0. The smallest absolute Gasteiger partial charge is 0.124 e. The first kappa shape index (κ1) is 10.3. The molecule has 0 spiro atoms. The molecule has 1 aromatic carbocycles. The van der Waals surface area contributed by atoms with E-state index < -0.39 is 10.8 Å². The summed E-state index contributed by atoms with van der Waals surface area (Å²) in [6, 6.07) is 8.53. The highest BCUT2D eigenvalue weighted by Gasteiger charge is 2.39. The van der Waals surface area contributed by atoms with Crippen molar-refractivity contribution in [1.82, 2.24) is 5.32 Å². The second kappa shape index (κ2) is 3.86. The van der Waals surface area contributed by atoms with Gasteiger partial charge in [-0.1, -0.05) is 18.2 Å². The van der Waals surface area contributed by atoms with Crippen LogP contribution in [0.15, 0.2) is 24.3 Å². The highest BCUT2D eigenvalue weighted by molar-refractivity contribution is 7.85. The van der Waals surface area contributed by atoms with Gasteiger partial charge in [-0.15, -0.1) is 0 Å². The van der Waals surface area contributed by atoms with Crippen LogP contribution in [0.3, 0.4) is 0 Å². The third-order valence-electron chi connectivity index (χ3n) is 3.24. The van der Waals surface area contributed by atoms with E-state index in [-0.39, 0.29) is 11.3 Å². The highest BCUT2D eigenvalue weighted by atomic mass is 32.2. The number of fused-ring (bicyclic) bond motifs is 3. The molecule has 1 N–H and O–H groups in total. The lowest BCUT2D eigenvalue weighted by atomic mass is 9.99. The molecule has 0 aliphatic carbocycles. The predicted octanol–water partition coefficient (Wildman–Crippen LogP) is 1.23. The Bertz CT molecular complexity index is 435. The Morgan fingerprint density at radius 1 is 1.44 bits per heavy atom. The number of ether oxygens (including phenoxy) is 1. The molecule has 4 atom stereocenters. The second-order valence-electron chi connectivity index (χ2n) is 4.48. The van der Waals surface area contributed by atoms with E-state index in [1.165, 1.54) is 0 Å². The van der Waals surface area contributed by atoms with Gasteiger partial charge in [-0.25, -0.2) is 0 Å². The zero-order valence-electron chi connectivity index (χ0n) is 9.18. The van der Waals surface area contributed by atoms with Gasteiger partial charge in [0.25, 0.3) is 0 Å². The second-order valence-corrected chi connectivity index (χ2v) is 6.18. The van der Waals surface area contributed by atoms with E-state index in [1.807, 2.05) is 18.2 Å². The van der Waals surface area contributed by atoms with Gasteiger partial charge in [-0.2, -0.15) is 0 Å². The standard InChI is InChI=1S/C12H15NO2S/c1-8-7-16(14)11-6-15-10-5-3-2-4-9(10)12(11)13-8/h2-5,8,11-13H,6-7H2,1H3. The molecule has 16 heavy (non-hydrogen) atoms. The summed E-state index contributed by atoms with van der Waals surface area (Å²) in [6.07, 6.45) is 0. The van der Waals surface area contributed by atoms with E-state index in [4.69, 9.17) is 4.74 Å². The SMILES string of the molecule is CC1CS(=O)C2COc3ccccc3C2N1. The summed E-state index contributed by atoms with van der Waals surface area (Å²) >= 11 is 0. The van der Waals surface area contributed by atoms with E-state index >= 15 is 0 Å². The molecular weight excluding hydrogens is 222 g/mol. The number of nitrogens with one attached hydrogen (secondary N) is 1. The third kappa shape index (κ3) is 1.57. The van der Waals surface area contributed by atoms with Crippen molar-refractivity contribution in [1.29, 1.82) is 0 Å².